The lowest BCUT2D eigenvalue weighted by molar-refractivity contribution is 0.249. The van der Waals surface area contributed by atoms with E-state index in [2.05, 4.69) is 5.10 Å². The molecule has 0 atom stereocenters. The van der Waals surface area contributed by atoms with Crippen LogP contribution >= 0.6 is 23.2 Å². The van der Waals surface area contributed by atoms with E-state index in [4.69, 9.17) is 32.7 Å². The Bertz CT molecular complexity index is 631. The summed E-state index contributed by atoms with van der Waals surface area (Å²) in [6, 6.07) is 3.27. The number of benzene rings is 1. The van der Waals surface area contributed by atoms with E-state index in [0.717, 1.165) is 11.3 Å². The zero-order chi connectivity index (χ0) is 15.6. The van der Waals surface area contributed by atoms with E-state index in [0.29, 0.717) is 27.2 Å². The molecule has 0 amide bonds. The highest BCUT2D eigenvalue weighted by molar-refractivity contribution is 6.31. The Kier molecular flexibility index (Phi) is 4.98. The summed E-state index contributed by atoms with van der Waals surface area (Å²) >= 11 is 12.1. The second kappa shape index (κ2) is 6.56. The molecular formula is C14H16Cl2N2O3. The predicted octanol–water partition coefficient (Wildman–Crippen LogP) is 3.12. The summed E-state index contributed by atoms with van der Waals surface area (Å²) < 4.78 is 12.6. The van der Waals surface area contributed by atoms with Crippen molar-refractivity contribution in [3.8, 4) is 11.5 Å². The molecule has 1 heterocycles. The van der Waals surface area contributed by atoms with E-state index in [1.54, 1.807) is 23.9 Å². The minimum absolute atomic E-state index is 0.202. The van der Waals surface area contributed by atoms with Crippen molar-refractivity contribution in [2.75, 3.05) is 7.11 Å². The molecule has 0 fully saturated rings. The van der Waals surface area contributed by atoms with Gasteiger partial charge in [0.25, 0.3) is 0 Å². The number of rotatable bonds is 5. The molecule has 0 spiro atoms. The molecule has 1 aromatic heterocycles. The summed E-state index contributed by atoms with van der Waals surface area (Å²) in [5, 5.41) is 14.7. The van der Waals surface area contributed by atoms with Crippen molar-refractivity contribution in [1.29, 1.82) is 0 Å². The van der Waals surface area contributed by atoms with E-state index in [1.165, 1.54) is 7.11 Å². The number of aryl methyl sites for hydroxylation is 2. The largest absolute Gasteiger partial charge is 0.493 e. The topological polar surface area (TPSA) is 56.5 Å². The number of halogens is 2. The van der Waals surface area contributed by atoms with Gasteiger partial charge in [-0.05, 0) is 13.0 Å². The highest BCUT2D eigenvalue weighted by atomic mass is 35.5. The SMILES string of the molecule is COc1cc(Cl)cc(CO)c1OCc1c(C)nn(C)c1Cl. The molecule has 7 heteroatoms. The van der Waals surface area contributed by atoms with Crippen molar-refractivity contribution < 1.29 is 14.6 Å². The van der Waals surface area contributed by atoms with Crippen LogP contribution in [-0.2, 0) is 20.3 Å². The third-order valence-corrected chi connectivity index (χ3v) is 3.81. The van der Waals surface area contributed by atoms with Crippen LogP contribution in [0.4, 0.5) is 0 Å². The van der Waals surface area contributed by atoms with Crippen LogP contribution in [0.3, 0.4) is 0 Å². The molecule has 5 nitrogen and oxygen atoms in total. The van der Waals surface area contributed by atoms with Gasteiger partial charge in [0.2, 0.25) is 0 Å². The van der Waals surface area contributed by atoms with Crippen LogP contribution < -0.4 is 9.47 Å². The molecule has 21 heavy (non-hydrogen) atoms. The highest BCUT2D eigenvalue weighted by Gasteiger charge is 2.16. The highest BCUT2D eigenvalue weighted by Crippen LogP contribution is 2.35. The van der Waals surface area contributed by atoms with Crippen LogP contribution in [0.15, 0.2) is 12.1 Å². The van der Waals surface area contributed by atoms with Crippen LogP contribution in [0.5, 0.6) is 11.5 Å². The lowest BCUT2D eigenvalue weighted by Crippen LogP contribution is -2.02. The molecule has 0 unspecified atom stereocenters. The van der Waals surface area contributed by atoms with Crippen LogP contribution in [0.2, 0.25) is 10.2 Å². The van der Waals surface area contributed by atoms with Crippen LogP contribution in [0.25, 0.3) is 0 Å². The molecule has 1 N–H and O–H groups in total. The van der Waals surface area contributed by atoms with E-state index < -0.39 is 0 Å². The van der Waals surface area contributed by atoms with Crippen molar-refractivity contribution in [2.24, 2.45) is 7.05 Å². The van der Waals surface area contributed by atoms with Crippen LogP contribution in [0.1, 0.15) is 16.8 Å². The van der Waals surface area contributed by atoms with Gasteiger partial charge in [0.15, 0.2) is 11.5 Å². The third-order valence-electron chi connectivity index (χ3n) is 3.12. The summed E-state index contributed by atoms with van der Waals surface area (Å²) in [4.78, 5) is 0. The summed E-state index contributed by atoms with van der Waals surface area (Å²) in [7, 11) is 3.28. The van der Waals surface area contributed by atoms with Crippen molar-refractivity contribution in [1.82, 2.24) is 9.78 Å². The third kappa shape index (κ3) is 3.26. The molecule has 0 aliphatic rings. The van der Waals surface area contributed by atoms with Gasteiger partial charge in [-0.3, -0.25) is 4.68 Å². The Labute approximate surface area is 133 Å². The fraction of sp³-hybridized carbons (Fsp3) is 0.357. The number of hydrogen-bond donors (Lipinski definition) is 1. The Morgan fingerprint density at radius 3 is 2.57 bits per heavy atom. The standard InChI is InChI=1S/C14H16Cl2N2O3/c1-8-11(14(16)18(2)17-8)7-21-13-9(6-19)4-10(15)5-12(13)20-3/h4-5,19H,6-7H2,1-3H3. The molecule has 0 saturated carbocycles. The van der Waals surface area contributed by atoms with E-state index in [-0.39, 0.29) is 13.2 Å². The molecule has 114 valence electrons. The number of aliphatic hydroxyl groups excluding tert-OH is 1. The van der Waals surface area contributed by atoms with Gasteiger partial charge in [-0.25, -0.2) is 0 Å². The Hall–Kier alpha value is -1.43. The van der Waals surface area contributed by atoms with Crippen LogP contribution in [0, 0.1) is 6.92 Å². The zero-order valence-electron chi connectivity index (χ0n) is 12.0. The average Bonchev–Trinajstić information content (AvgIpc) is 2.70. The van der Waals surface area contributed by atoms with Gasteiger partial charge >= 0.3 is 0 Å². The molecular weight excluding hydrogens is 315 g/mol. The zero-order valence-corrected chi connectivity index (χ0v) is 13.5. The maximum atomic E-state index is 9.44. The minimum atomic E-state index is -0.202. The van der Waals surface area contributed by atoms with Gasteiger partial charge in [0.05, 0.1) is 19.4 Å². The van der Waals surface area contributed by atoms with E-state index >= 15 is 0 Å². The predicted molar refractivity (Wildman–Crippen MR) is 81.2 cm³/mol. The summed E-state index contributed by atoms with van der Waals surface area (Å²) in [6.45, 7) is 1.88. The first-order valence-electron chi connectivity index (χ1n) is 6.26. The molecule has 0 aliphatic carbocycles. The lowest BCUT2D eigenvalue weighted by Gasteiger charge is -2.14. The second-order valence-corrected chi connectivity index (χ2v) is 5.32. The van der Waals surface area contributed by atoms with Crippen LogP contribution in [-0.4, -0.2) is 22.0 Å². The van der Waals surface area contributed by atoms with Gasteiger partial charge in [0.1, 0.15) is 11.8 Å². The number of hydrogen-bond acceptors (Lipinski definition) is 4. The molecule has 0 saturated heterocycles. The minimum Gasteiger partial charge on any atom is -0.493 e. The Morgan fingerprint density at radius 2 is 2.05 bits per heavy atom. The monoisotopic (exact) mass is 330 g/mol. The van der Waals surface area contributed by atoms with Crippen molar-refractivity contribution in [3.05, 3.63) is 39.1 Å². The first-order valence-corrected chi connectivity index (χ1v) is 7.01. The lowest BCUT2D eigenvalue weighted by atomic mass is 10.2. The number of nitrogens with zero attached hydrogens (tertiary/aromatic N) is 2. The summed E-state index contributed by atoms with van der Waals surface area (Å²) in [5.74, 6) is 0.910. The fourth-order valence-electron chi connectivity index (χ4n) is 2.04. The van der Waals surface area contributed by atoms with Gasteiger partial charge in [-0.1, -0.05) is 23.2 Å². The number of methoxy groups -OCH3 is 1. The number of aromatic nitrogens is 2. The first kappa shape index (κ1) is 15.9. The van der Waals surface area contributed by atoms with Gasteiger partial charge in [-0.2, -0.15) is 5.10 Å². The molecule has 0 aliphatic heterocycles. The maximum absolute atomic E-state index is 9.44. The van der Waals surface area contributed by atoms with Crippen molar-refractivity contribution in [2.45, 2.75) is 20.1 Å². The van der Waals surface area contributed by atoms with Crippen molar-refractivity contribution >= 4 is 23.2 Å². The maximum Gasteiger partial charge on any atom is 0.167 e. The molecule has 2 rings (SSSR count). The quantitative estimate of drug-likeness (QED) is 0.915. The normalized spacial score (nSPS) is 10.8. The first-order chi connectivity index (χ1) is 9.97. The average molecular weight is 331 g/mol. The smallest absolute Gasteiger partial charge is 0.167 e. The van der Waals surface area contributed by atoms with Gasteiger partial charge < -0.3 is 14.6 Å². The molecule has 2 aromatic rings. The fourth-order valence-corrected chi connectivity index (χ4v) is 2.50. The summed E-state index contributed by atoms with van der Waals surface area (Å²) in [5.41, 5.74) is 2.14. The number of ether oxygens (including phenoxy) is 2. The molecule has 1 aromatic carbocycles. The summed E-state index contributed by atoms with van der Waals surface area (Å²) in [6.07, 6.45) is 0. The van der Waals surface area contributed by atoms with E-state index in [9.17, 15) is 5.11 Å². The van der Waals surface area contributed by atoms with Gasteiger partial charge in [0, 0.05) is 29.3 Å². The molecule has 0 bridgehead atoms. The van der Waals surface area contributed by atoms with E-state index in [1.807, 2.05) is 6.92 Å². The molecule has 0 radical (unpaired) electrons. The Balaban J connectivity index is 2.31. The second-order valence-electron chi connectivity index (χ2n) is 4.52. The number of aliphatic hydroxyl groups is 1. The van der Waals surface area contributed by atoms with Gasteiger partial charge in [-0.15, -0.1) is 0 Å². The Morgan fingerprint density at radius 1 is 1.33 bits per heavy atom. The van der Waals surface area contributed by atoms with Crippen molar-refractivity contribution in [3.63, 3.8) is 0 Å².